The smallest absolute Gasteiger partial charge is 0.162 e. The van der Waals surface area contributed by atoms with Crippen molar-refractivity contribution in [3.63, 3.8) is 0 Å². The molecule has 182 valence electrons. The Morgan fingerprint density at radius 3 is 2.66 bits per heavy atom. The summed E-state index contributed by atoms with van der Waals surface area (Å²) in [6.45, 7) is 2.24. The first-order valence-electron chi connectivity index (χ1n) is 11.7. The Kier molecular flexibility index (Phi) is 6.49. The molecule has 0 amide bonds. The lowest BCUT2D eigenvalue weighted by Gasteiger charge is -2.41. The molecule has 3 aromatic carbocycles. The normalized spacial score (nSPS) is 16.7. The number of nitrogens with zero attached hydrogens (tertiary/aromatic N) is 2. The van der Waals surface area contributed by atoms with Crippen molar-refractivity contribution < 1.29 is 14.6 Å². The molecule has 0 spiro atoms. The number of ether oxygens (including phenoxy) is 2. The summed E-state index contributed by atoms with van der Waals surface area (Å²) in [5.41, 5.74) is 7.25. The molecule has 4 aromatic rings. The summed E-state index contributed by atoms with van der Waals surface area (Å²) < 4.78 is 14.0. The third-order valence-electron chi connectivity index (χ3n) is 7.27. The van der Waals surface area contributed by atoms with Crippen molar-refractivity contribution in [2.24, 2.45) is 0 Å². The maximum Gasteiger partial charge on any atom is 0.162 e. The third kappa shape index (κ3) is 4.08. The Morgan fingerprint density at radius 1 is 1.06 bits per heavy atom. The van der Waals surface area contributed by atoms with Gasteiger partial charge in [-0.1, -0.05) is 49.4 Å². The molecule has 1 N–H and O–H groups in total. The van der Waals surface area contributed by atoms with Gasteiger partial charge in [0.15, 0.2) is 11.5 Å². The molecule has 5 nitrogen and oxygen atoms in total. The molecular weight excluding hydrogens is 460 g/mol. The van der Waals surface area contributed by atoms with Crippen LogP contribution in [0.4, 0.5) is 0 Å². The fraction of sp³-hybridized carbons (Fsp3) is 0.310. The zero-order chi connectivity index (χ0) is 23.2. The first-order chi connectivity index (χ1) is 16.7. The number of benzene rings is 3. The molecule has 1 aromatic heterocycles. The van der Waals surface area contributed by atoms with Crippen LogP contribution in [0.15, 0.2) is 60.7 Å². The van der Waals surface area contributed by atoms with Crippen molar-refractivity contribution >= 4 is 22.5 Å². The highest BCUT2D eigenvalue weighted by Gasteiger charge is 2.36. The molecule has 0 saturated carbocycles. The van der Waals surface area contributed by atoms with Crippen LogP contribution in [0.25, 0.3) is 10.9 Å². The molecule has 0 saturated heterocycles. The van der Waals surface area contributed by atoms with Gasteiger partial charge in [0.25, 0.3) is 0 Å². The molecule has 35 heavy (non-hydrogen) atoms. The molecule has 0 radical (unpaired) electrons. The minimum Gasteiger partial charge on any atom is -0.493 e. The van der Waals surface area contributed by atoms with Crippen LogP contribution in [0.1, 0.15) is 41.4 Å². The fourth-order valence-electron chi connectivity index (χ4n) is 5.60. The largest absolute Gasteiger partial charge is 0.493 e. The van der Waals surface area contributed by atoms with E-state index in [0.29, 0.717) is 6.61 Å². The lowest BCUT2D eigenvalue weighted by Crippen LogP contribution is -2.39. The predicted octanol–water partition coefficient (Wildman–Crippen LogP) is 6.12. The highest BCUT2D eigenvalue weighted by Crippen LogP contribution is 2.45. The van der Waals surface area contributed by atoms with E-state index in [1.807, 2.05) is 41.0 Å². The van der Waals surface area contributed by atoms with Gasteiger partial charge >= 0.3 is 0 Å². The summed E-state index contributed by atoms with van der Waals surface area (Å²) >= 11 is 6.36. The van der Waals surface area contributed by atoms with Crippen molar-refractivity contribution in [1.29, 1.82) is 0 Å². The Hall–Kier alpha value is -2.99. The summed E-state index contributed by atoms with van der Waals surface area (Å²) in [6.07, 6.45) is 1.83. The standard InChI is InChI=1S/C28H27ClN2O3.CH4/c1-33-27-11-19-9-10-30-15-26-23(22-12-20(29)7-8-24(22)31(26)17-32)13-25(30)21(19)14-28(27)34-16-18-5-3-2-4-6-18;/h2-8,11-12,14,25,32H,9-10,13,15-17H2,1H3;1H4. The molecule has 2 aliphatic rings. The zero-order valence-corrected chi connectivity index (χ0v) is 19.9. The quantitative estimate of drug-likeness (QED) is 0.366. The number of hydrogen-bond acceptors (Lipinski definition) is 4. The number of fused-ring (bicyclic) bond motifs is 6. The summed E-state index contributed by atoms with van der Waals surface area (Å²) in [7, 11) is 1.70. The van der Waals surface area contributed by atoms with E-state index in [9.17, 15) is 5.11 Å². The van der Waals surface area contributed by atoms with Crippen molar-refractivity contribution in [2.45, 2.75) is 46.2 Å². The second-order valence-corrected chi connectivity index (χ2v) is 9.51. The van der Waals surface area contributed by atoms with Crippen molar-refractivity contribution in [3.05, 3.63) is 93.6 Å². The van der Waals surface area contributed by atoms with E-state index in [-0.39, 0.29) is 20.2 Å². The number of halogens is 1. The van der Waals surface area contributed by atoms with Gasteiger partial charge in [0, 0.05) is 35.2 Å². The van der Waals surface area contributed by atoms with Gasteiger partial charge in [-0.25, -0.2) is 0 Å². The molecular formula is C29H31ClN2O3. The van der Waals surface area contributed by atoms with E-state index in [0.717, 1.165) is 58.9 Å². The molecule has 0 bridgehead atoms. The Labute approximate surface area is 211 Å². The summed E-state index contributed by atoms with van der Waals surface area (Å²) in [4.78, 5) is 2.52. The van der Waals surface area contributed by atoms with Gasteiger partial charge in [-0.05, 0) is 65.4 Å². The third-order valence-corrected chi connectivity index (χ3v) is 7.51. The number of aromatic nitrogens is 1. The lowest BCUT2D eigenvalue weighted by molar-refractivity contribution is 0.145. The van der Waals surface area contributed by atoms with Crippen molar-refractivity contribution in [3.8, 4) is 11.5 Å². The van der Waals surface area contributed by atoms with E-state index >= 15 is 0 Å². The average Bonchev–Trinajstić information content (AvgIpc) is 3.17. The summed E-state index contributed by atoms with van der Waals surface area (Å²) in [5, 5.41) is 12.0. The zero-order valence-electron chi connectivity index (χ0n) is 19.1. The fourth-order valence-corrected chi connectivity index (χ4v) is 5.77. The van der Waals surface area contributed by atoms with Crippen LogP contribution in [0.2, 0.25) is 5.02 Å². The van der Waals surface area contributed by atoms with E-state index in [4.69, 9.17) is 21.1 Å². The summed E-state index contributed by atoms with van der Waals surface area (Å²) in [5.74, 6) is 1.56. The molecule has 6 rings (SSSR count). The molecule has 3 heterocycles. The van der Waals surface area contributed by atoms with Gasteiger partial charge in [0.2, 0.25) is 0 Å². The number of methoxy groups -OCH3 is 1. The van der Waals surface area contributed by atoms with Gasteiger partial charge in [-0.2, -0.15) is 0 Å². The van der Waals surface area contributed by atoms with Crippen LogP contribution in [-0.4, -0.2) is 28.2 Å². The van der Waals surface area contributed by atoms with Gasteiger partial charge < -0.3 is 19.1 Å². The van der Waals surface area contributed by atoms with Gasteiger partial charge in [-0.3, -0.25) is 4.90 Å². The van der Waals surface area contributed by atoms with Crippen LogP contribution in [-0.2, 0) is 32.7 Å². The van der Waals surface area contributed by atoms with Crippen LogP contribution in [0, 0.1) is 0 Å². The van der Waals surface area contributed by atoms with Crippen molar-refractivity contribution in [2.75, 3.05) is 13.7 Å². The monoisotopic (exact) mass is 490 g/mol. The van der Waals surface area contributed by atoms with E-state index in [1.54, 1.807) is 7.11 Å². The lowest BCUT2D eigenvalue weighted by atomic mass is 9.85. The molecule has 0 aliphatic carbocycles. The molecule has 6 heteroatoms. The topological polar surface area (TPSA) is 46.9 Å². The summed E-state index contributed by atoms with van der Waals surface area (Å²) in [6, 6.07) is 20.7. The molecule has 0 fully saturated rings. The average molecular weight is 491 g/mol. The highest BCUT2D eigenvalue weighted by molar-refractivity contribution is 6.31. The SMILES string of the molecule is C.COc1cc2c(cc1OCc1ccccc1)C1Cc3c(n(CO)c4ccc(Cl)cc34)CN1CC2. The maximum atomic E-state index is 10.1. The second kappa shape index (κ2) is 9.57. The number of aliphatic hydroxyl groups is 1. The van der Waals surface area contributed by atoms with Gasteiger partial charge in [0.1, 0.15) is 13.3 Å². The van der Waals surface area contributed by atoms with Crippen LogP contribution < -0.4 is 9.47 Å². The minimum atomic E-state index is -0.0305. The minimum absolute atomic E-state index is 0. The van der Waals surface area contributed by atoms with E-state index in [1.165, 1.54) is 22.4 Å². The first kappa shape index (κ1) is 23.7. The maximum absolute atomic E-state index is 10.1. The van der Waals surface area contributed by atoms with Crippen LogP contribution >= 0.6 is 11.6 Å². The number of aliphatic hydroxyl groups excluding tert-OH is 1. The van der Waals surface area contributed by atoms with Crippen molar-refractivity contribution in [1.82, 2.24) is 9.47 Å². The van der Waals surface area contributed by atoms with E-state index in [2.05, 4.69) is 29.2 Å². The van der Waals surface area contributed by atoms with Gasteiger partial charge in [0.05, 0.1) is 12.6 Å². The molecule has 1 unspecified atom stereocenters. The Bertz CT molecular complexity index is 1370. The Morgan fingerprint density at radius 2 is 1.89 bits per heavy atom. The number of hydrogen-bond donors (Lipinski definition) is 1. The molecule has 1 atom stereocenters. The highest BCUT2D eigenvalue weighted by atomic mass is 35.5. The second-order valence-electron chi connectivity index (χ2n) is 9.07. The van der Waals surface area contributed by atoms with E-state index < -0.39 is 0 Å². The first-order valence-corrected chi connectivity index (χ1v) is 12.1. The molecule has 2 aliphatic heterocycles. The number of rotatable bonds is 5. The predicted molar refractivity (Wildman–Crippen MR) is 140 cm³/mol. The Balaban J connectivity index is 0.00000253. The van der Waals surface area contributed by atoms with Crippen LogP contribution in [0.3, 0.4) is 0 Å². The van der Waals surface area contributed by atoms with Crippen LogP contribution in [0.5, 0.6) is 11.5 Å². The van der Waals surface area contributed by atoms with Gasteiger partial charge in [-0.15, -0.1) is 0 Å².